The number of hydrogen-bond acceptors (Lipinski definition) is 3. The predicted molar refractivity (Wildman–Crippen MR) is 72.0 cm³/mol. The van der Waals surface area contributed by atoms with Crippen LogP contribution in [0.25, 0.3) is 0 Å². The van der Waals surface area contributed by atoms with E-state index in [-0.39, 0.29) is 0 Å². The van der Waals surface area contributed by atoms with Crippen LogP contribution in [0, 0.1) is 5.92 Å². The lowest BCUT2D eigenvalue weighted by atomic mass is 9.99. The first-order chi connectivity index (χ1) is 7.65. The molecular weight excluding hydrogens is 216 g/mol. The Morgan fingerprint density at radius 1 is 1.50 bits per heavy atom. The topological polar surface area (TPSA) is 24.9 Å². The fourth-order valence-electron chi connectivity index (χ4n) is 1.60. The third-order valence-corrected chi connectivity index (χ3v) is 4.02. The van der Waals surface area contributed by atoms with E-state index < -0.39 is 0 Å². The predicted octanol–water partition coefficient (Wildman–Crippen LogP) is 3.44. The molecule has 2 nitrogen and oxygen atoms in total. The number of aromatic nitrogens is 1. The summed E-state index contributed by atoms with van der Waals surface area (Å²) in [5.41, 5.74) is 0. The molecule has 0 bridgehead atoms. The van der Waals surface area contributed by atoms with E-state index in [2.05, 4.69) is 37.7 Å². The van der Waals surface area contributed by atoms with Crippen molar-refractivity contribution < 1.29 is 0 Å². The minimum atomic E-state index is 0.499. The summed E-state index contributed by atoms with van der Waals surface area (Å²) in [5, 5.41) is 6.83. The molecule has 3 atom stereocenters. The van der Waals surface area contributed by atoms with Gasteiger partial charge in [0.05, 0.1) is 5.01 Å². The van der Waals surface area contributed by atoms with Crippen LogP contribution in [-0.2, 0) is 0 Å². The lowest BCUT2D eigenvalue weighted by Crippen LogP contribution is -2.34. The van der Waals surface area contributed by atoms with Crippen molar-refractivity contribution in [1.82, 2.24) is 10.3 Å². The van der Waals surface area contributed by atoms with Gasteiger partial charge >= 0.3 is 0 Å². The molecule has 16 heavy (non-hydrogen) atoms. The zero-order valence-electron chi connectivity index (χ0n) is 10.4. The molecule has 0 fully saturated rings. The summed E-state index contributed by atoms with van der Waals surface area (Å²) in [7, 11) is 0. The summed E-state index contributed by atoms with van der Waals surface area (Å²) >= 11 is 1.73. The molecule has 1 aromatic rings. The molecule has 0 radical (unpaired) electrons. The Hall–Kier alpha value is -0.670. The van der Waals surface area contributed by atoms with Gasteiger partial charge in [0.2, 0.25) is 0 Å². The maximum atomic E-state index is 4.34. The van der Waals surface area contributed by atoms with Gasteiger partial charge in [0.15, 0.2) is 0 Å². The van der Waals surface area contributed by atoms with Gasteiger partial charge in [0.25, 0.3) is 0 Å². The molecule has 0 spiro atoms. The van der Waals surface area contributed by atoms with Crippen molar-refractivity contribution in [2.45, 2.75) is 39.2 Å². The molecule has 1 heterocycles. The standard InChI is InChI=1S/C13H22N2S/c1-5-6-10(2)12(4)15-9-11(3)13-14-7-8-16-13/h5,7-8,10-12,15H,1,6,9H2,2-4H3. The van der Waals surface area contributed by atoms with Gasteiger partial charge in [-0.05, 0) is 19.3 Å². The van der Waals surface area contributed by atoms with Crippen molar-refractivity contribution in [3.63, 3.8) is 0 Å². The first kappa shape index (κ1) is 13.4. The van der Waals surface area contributed by atoms with Crippen LogP contribution in [0.3, 0.4) is 0 Å². The molecular formula is C13H22N2S. The Balaban J connectivity index is 2.31. The van der Waals surface area contributed by atoms with E-state index in [1.807, 2.05) is 17.7 Å². The first-order valence-electron chi connectivity index (χ1n) is 5.88. The monoisotopic (exact) mass is 238 g/mol. The largest absolute Gasteiger partial charge is 0.313 e. The summed E-state index contributed by atoms with van der Waals surface area (Å²) in [6.07, 6.45) is 4.94. The Morgan fingerprint density at radius 3 is 2.81 bits per heavy atom. The second kappa shape index (κ2) is 6.81. The van der Waals surface area contributed by atoms with Crippen LogP contribution in [0.2, 0.25) is 0 Å². The van der Waals surface area contributed by atoms with Crippen molar-refractivity contribution in [1.29, 1.82) is 0 Å². The molecule has 0 aliphatic heterocycles. The van der Waals surface area contributed by atoms with Gasteiger partial charge in [0.1, 0.15) is 0 Å². The summed E-state index contributed by atoms with van der Waals surface area (Å²) < 4.78 is 0. The van der Waals surface area contributed by atoms with Crippen LogP contribution in [0.5, 0.6) is 0 Å². The Labute approximate surface area is 103 Å². The highest BCUT2D eigenvalue weighted by Crippen LogP contribution is 2.17. The molecule has 0 aliphatic rings. The number of nitrogens with one attached hydrogen (secondary N) is 1. The number of thiazole rings is 1. The molecule has 1 N–H and O–H groups in total. The number of allylic oxidation sites excluding steroid dienone is 1. The van der Waals surface area contributed by atoms with E-state index in [0.717, 1.165) is 13.0 Å². The second-order valence-corrected chi connectivity index (χ2v) is 5.40. The number of nitrogens with zero attached hydrogens (tertiary/aromatic N) is 1. The highest BCUT2D eigenvalue weighted by molar-refractivity contribution is 7.09. The molecule has 3 unspecified atom stereocenters. The molecule has 0 aliphatic carbocycles. The van der Waals surface area contributed by atoms with E-state index >= 15 is 0 Å². The molecule has 1 rings (SSSR count). The van der Waals surface area contributed by atoms with E-state index in [1.165, 1.54) is 5.01 Å². The average molecular weight is 238 g/mol. The van der Waals surface area contributed by atoms with Crippen molar-refractivity contribution in [3.8, 4) is 0 Å². The summed E-state index contributed by atoms with van der Waals surface area (Å²) in [5.74, 6) is 1.14. The van der Waals surface area contributed by atoms with Crippen LogP contribution in [0.15, 0.2) is 24.2 Å². The minimum Gasteiger partial charge on any atom is -0.313 e. The van der Waals surface area contributed by atoms with E-state index in [9.17, 15) is 0 Å². The van der Waals surface area contributed by atoms with E-state index in [0.29, 0.717) is 17.9 Å². The second-order valence-electron chi connectivity index (χ2n) is 4.47. The van der Waals surface area contributed by atoms with Crippen molar-refractivity contribution in [2.75, 3.05) is 6.54 Å². The zero-order valence-corrected chi connectivity index (χ0v) is 11.3. The smallest absolute Gasteiger partial charge is 0.0965 e. The number of rotatable bonds is 7. The van der Waals surface area contributed by atoms with Gasteiger partial charge in [-0.1, -0.05) is 19.9 Å². The normalized spacial score (nSPS) is 16.7. The maximum absolute atomic E-state index is 4.34. The van der Waals surface area contributed by atoms with Gasteiger partial charge in [0, 0.05) is 30.1 Å². The zero-order chi connectivity index (χ0) is 12.0. The van der Waals surface area contributed by atoms with Crippen LogP contribution in [0.1, 0.15) is 38.1 Å². The minimum absolute atomic E-state index is 0.499. The SMILES string of the molecule is C=CCC(C)C(C)NCC(C)c1nccs1. The van der Waals surface area contributed by atoms with Crippen molar-refractivity contribution >= 4 is 11.3 Å². The first-order valence-corrected chi connectivity index (χ1v) is 6.76. The highest BCUT2D eigenvalue weighted by atomic mass is 32.1. The van der Waals surface area contributed by atoms with Crippen molar-refractivity contribution in [2.24, 2.45) is 5.92 Å². The summed E-state index contributed by atoms with van der Waals surface area (Å²) in [6.45, 7) is 11.5. The third kappa shape index (κ3) is 4.06. The Bertz CT molecular complexity index is 295. The molecule has 0 amide bonds. The Morgan fingerprint density at radius 2 is 2.25 bits per heavy atom. The van der Waals surface area contributed by atoms with Crippen LogP contribution >= 0.6 is 11.3 Å². The van der Waals surface area contributed by atoms with Crippen LogP contribution in [0.4, 0.5) is 0 Å². The highest BCUT2D eigenvalue weighted by Gasteiger charge is 2.13. The lowest BCUT2D eigenvalue weighted by Gasteiger charge is -2.21. The quantitative estimate of drug-likeness (QED) is 0.736. The molecule has 3 heteroatoms. The fourth-order valence-corrected chi connectivity index (χ4v) is 2.29. The van der Waals surface area contributed by atoms with Gasteiger partial charge in [-0.2, -0.15) is 0 Å². The molecule has 90 valence electrons. The summed E-state index contributed by atoms with van der Waals surface area (Å²) in [4.78, 5) is 4.34. The van der Waals surface area contributed by atoms with Crippen LogP contribution < -0.4 is 5.32 Å². The molecule has 0 aromatic carbocycles. The summed E-state index contributed by atoms with van der Waals surface area (Å²) in [6, 6.07) is 0.528. The Kier molecular flexibility index (Phi) is 5.71. The average Bonchev–Trinajstić information content (AvgIpc) is 2.79. The lowest BCUT2D eigenvalue weighted by molar-refractivity contribution is 0.395. The van der Waals surface area contributed by atoms with E-state index in [4.69, 9.17) is 0 Å². The van der Waals surface area contributed by atoms with Gasteiger partial charge in [-0.3, -0.25) is 0 Å². The van der Waals surface area contributed by atoms with E-state index in [1.54, 1.807) is 11.3 Å². The van der Waals surface area contributed by atoms with Crippen molar-refractivity contribution in [3.05, 3.63) is 29.2 Å². The van der Waals surface area contributed by atoms with Crippen LogP contribution in [-0.4, -0.2) is 17.6 Å². The molecule has 0 saturated carbocycles. The molecule has 1 aromatic heterocycles. The molecule has 0 saturated heterocycles. The fraction of sp³-hybridized carbons (Fsp3) is 0.615. The third-order valence-electron chi connectivity index (χ3n) is 3.01. The number of hydrogen-bond donors (Lipinski definition) is 1. The van der Waals surface area contributed by atoms with Gasteiger partial charge in [-0.15, -0.1) is 17.9 Å². The van der Waals surface area contributed by atoms with Gasteiger partial charge in [-0.25, -0.2) is 4.98 Å². The van der Waals surface area contributed by atoms with Gasteiger partial charge < -0.3 is 5.32 Å². The maximum Gasteiger partial charge on any atom is 0.0965 e.